The molecule has 1 rings (SSSR count). The van der Waals surface area contributed by atoms with Crippen LogP contribution < -0.4 is 5.73 Å². The number of carbonyl (C=O) groups is 1. The first-order chi connectivity index (χ1) is 8.56. The molecule has 0 saturated heterocycles. The van der Waals surface area contributed by atoms with Gasteiger partial charge in [-0.05, 0) is 32.9 Å². The number of aliphatic hydroxyl groups is 1. The van der Waals surface area contributed by atoms with Gasteiger partial charge < -0.3 is 15.7 Å². The molecule has 3 N–H and O–H groups in total. The van der Waals surface area contributed by atoms with Crippen molar-refractivity contribution in [3.05, 3.63) is 0 Å². The fourth-order valence-electron chi connectivity index (χ4n) is 2.51. The number of amides is 1. The summed E-state index contributed by atoms with van der Waals surface area (Å²) in [5.41, 5.74) is 5.43. The van der Waals surface area contributed by atoms with Gasteiger partial charge in [-0.25, -0.2) is 0 Å². The Balaban J connectivity index is 2.38. The molecule has 0 aromatic rings. The van der Waals surface area contributed by atoms with Crippen molar-refractivity contribution in [3.8, 4) is 0 Å². The van der Waals surface area contributed by atoms with Crippen LogP contribution in [0.3, 0.4) is 0 Å². The van der Waals surface area contributed by atoms with E-state index in [-0.39, 0.29) is 18.1 Å². The van der Waals surface area contributed by atoms with Gasteiger partial charge in [0, 0.05) is 19.6 Å². The van der Waals surface area contributed by atoms with Gasteiger partial charge in [-0.15, -0.1) is 0 Å². The first kappa shape index (κ1) is 15.4. The molecule has 5 heteroatoms. The summed E-state index contributed by atoms with van der Waals surface area (Å²) in [6.45, 7) is 1.69. The Labute approximate surface area is 110 Å². The average molecular weight is 257 g/mol. The van der Waals surface area contributed by atoms with Crippen molar-refractivity contribution in [2.24, 2.45) is 5.73 Å². The standard InChI is InChI=1S/C13H27N3O2/c1-15(9-5-8-14)13(18)10-16(2)11-6-3-4-7-12(11)17/h11-12,17H,3-10,14H2,1-2H3. The van der Waals surface area contributed by atoms with Crippen LogP contribution in [0.4, 0.5) is 0 Å². The molecule has 0 heterocycles. The monoisotopic (exact) mass is 257 g/mol. The van der Waals surface area contributed by atoms with E-state index in [0.29, 0.717) is 19.6 Å². The molecule has 0 radical (unpaired) electrons. The van der Waals surface area contributed by atoms with Gasteiger partial charge >= 0.3 is 0 Å². The zero-order valence-corrected chi connectivity index (χ0v) is 11.6. The lowest BCUT2D eigenvalue weighted by Gasteiger charge is -2.35. The lowest BCUT2D eigenvalue weighted by atomic mass is 9.91. The number of hydrogen-bond acceptors (Lipinski definition) is 4. The van der Waals surface area contributed by atoms with Crippen LogP contribution in [0, 0.1) is 0 Å². The zero-order valence-electron chi connectivity index (χ0n) is 11.6. The first-order valence-electron chi connectivity index (χ1n) is 6.88. The first-order valence-corrected chi connectivity index (χ1v) is 6.88. The van der Waals surface area contributed by atoms with E-state index < -0.39 is 0 Å². The number of aliphatic hydroxyl groups excluding tert-OH is 1. The quantitative estimate of drug-likeness (QED) is 0.704. The SMILES string of the molecule is CN(CCCN)C(=O)CN(C)C1CCCCC1O. The minimum absolute atomic E-state index is 0.101. The molecule has 0 spiro atoms. The molecule has 1 aliphatic rings. The Morgan fingerprint density at radius 1 is 1.33 bits per heavy atom. The molecule has 18 heavy (non-hydrogen) atoms. The second-order valence-electron chi connectivity index (χ2n) is 5.29. The van der Waals surface area contributed by atoms with E-state index in [4.69, 9.17) is 5.73 Å². The Bertz CT molecular complexity index is 261. The predicted octanol–water partition coefficient (Wildman–Crippen LogP) is 0.0289. The Morgan fingerprint density at radius 3 is 2.61 bits per heavy atom. The summed E-state index contributed by atoms with van der Waals surface area (Å²) < 4.78 is 0. The number of likely N-dealkylation sites (N-methyl/N-ethyl adjacent to an activating group) is 2. The molecule has 0 bridgehead atoms. The van der Waals surface area contributed by atoms with Gasteiger partial charge in [0.25, 0.3) is 0 Å². The van der Waals surface area contributed by atoms with Gasteiger partial charge in [0.05, 0.1) is 12.6 Å². The van der Waals surface area contributed by atoms with Crippen molar-refractivity contribution in [2.45, 2.75) is 44.2 Å². The lowest BCUT2D eigenvalue weighted by molar-refractivity contribution is -0.132. The van der Waals surface area contributed by atoms with Crippen LogP contribution in [0.2, 0.25) is 0 Å². The van der Waals surface area contributed by atoms with Crippen LogP contribution in [0.5, 0.6) is 0 Å². The topological polar surface area (TPSA) is 69.8 Å². The van der Waals surface area contributed by atoms with Gasteiger partial charge in [-0.1, -0.05) is 12.8 Å². The maximum atomic E-state index is 12.0. The highest BCUT2D eigenvalue weighted by atomic mass is 16.3. The van der Waals surface area contributed by atoms with Crippen LogP contribution in [0.25, 0.3) is 0 Å². The van der Waals surface area contributed by atoms with Crippen LogP contribution in [0.1, 0.15) is 32.1 Å². The fourth-order valence-corrected chi connectivity index (χ4v) is 2.51. The van der Waals surface area contributed by atoms with Gasteiger partial charge in [0.15, 0.2) is 0 Å². The van der Waals surface area contributed by atoms with E-state index in [1.54, 1.807) is 4.90 Å². The van der Waals surface area contributed by atoms with Crippen molar-refractivity contribution in [2.75, 3.05) is 33.7 Å². The summed E-state index contributed by atoms with van der Waals surface area (Å²) >= 11 is 0. The highest BCUT2D eigenvalue weighted by Gasteiger charge is 2.27. The van der Waals surface area contributed by atoms with Crippen LogP contribution in [0.15, 0.2) is 0 Å². The van der Waals surface area contributed by atoms with Crippen LogP contribution in [-0.4, -0.2) is 66.7 Å². The second-order valence-corrected chi connectivity index (χ2v) is 5.29. The summed E-state index contributed by atoms with van der Waals surface area (Å²) in [6, 6.07) is 0.130. The molecule has 1 aliphatic carbocycles. The summed E-state index contributed by atoms with van der Waals surface area (Å²) in [6.07, 6.45) is 4.62. The van der Waals surface area contributed by atoms with E-state index in [9.17, 15) is 9.90 Å². The molecule has 106 valence electrons. The Morgan fingerprint density at radius 2 is 2.00 bits per heavy atom. The molecule has 1 saturated carbocycles. The minimum Gasteiger partial charge on any atom is -0.391 e. The minimum atomic E-state index is -0.286. The highest BCUT2D eigenvalue weighted by molar-refractivity contribution is 5.77. The van der Waals surface area contributed by atoms with E-state index in [0.717, 1.165) is 32.1 Å². The average Bonchev–Trinajstić information content (AvgIpc) is 2.36. The van der Waals surface area contributed by atoms with Gasteiger partial charge in [0.2, 0.25) is 5.91 Å². The molecule has 0 aromatic carbocycles. The largest absolute Gasteiger partial charge is 0.391 e. The smallest absolute Gasteiger partial charge is 0.236 e. The maximum Gasteiger partial charge on any atom is 0.236 e. The van der Waals surface area contributed by atoms with Gasteiger partial charge in [-0.2, -0.15) is 0 Å². The summed E-state index contributed by atoms with van der Waals surface area (Å²) in [5, 5.41) is 9.95. The normalized spacial score (nSPS) is 24.3. The molecule has 2 unspecified atom stereocenters. The summed E-state index contributed by atoms with van der Waals surface area (Å²) in [4.78, 5) is 15.7. The third-order valence-electron chi connectivity index (χ3n) is 3.77. The highest BCUT2D eigenvalue weighted by Crippen LogP contribution is 2.22. The number of nitrogens with zero attached hydrogens (tertiary/aromatic N) is 2. The predicted molar refractivity (Wildman–Crippen MR) is 72.2 cm³/mol. The van der Waals surface area contributed by atoms with Crippen molar-refractivity contribution < 1.29 is 9.90 Å². The van der Waals surface area contributed by atoms with E-state index >= 15 is 0 Å². The fraction of sp³-hybridized carbons (Fsp3) is 0.923. The third kappa shape index (κ3) is 4.55. The van der Waals surface area contributed by atoms with E-state index in [2.05, 4.69) is 0 Å². The molecule has 5 nitrogen and oxygen atoms in total. The zero-order chi connectivity index (χ0) is 13.5. The van der Waals surface area contributed by atoms with E-state index in [1.807, 2.05) is 19.0 Å². The van der Waals surface area contributed by atoms with Crippen molar-refractivity contribution >= 4 is 5.91 Å². The van der Waals surface area contributed by atoms with Crippen LogP contribution >= 0.6 is 0 Å². The molecular weight excluding hydrogens is 230 g/mol. The maximum absolute atomic E-state index is 12.0. The molecular formula is C13H27N3O2. The number of rotatable bonds is 6. The van der Waals surface area contributed by atoms with E-state index in [1.165, 1.54) is 0 Å². The van der Waals surface area contributed by atoms with Crippen LogP contribution in [-0.2, 0) is 4.79 Å². The van der Waals surface area contributed by atoms with Crippen molar-refractivity contribution in [1.82, 2.24) is 9.80 Å². The van der Waals surface area contributed by atoms with Crippen molar-refractivity contribution in [1.29, 1.82) is 0 Å². The summed E-state index contributed by atoms with van der Waals surface area (Å²) in [7, 11) is 3.73. The Hall–Kier alpha value is -0.650. The molecule has 1 fully saturated rings. The molecule has 1 amide bonds. The second kappa shape index (κ2) is 7.71. The summed E-state index contributed by atoms with van der Waals surface area (Å²) in [5.74, 6) is 0.101. The third-order valence-corrected chi connectivity index (χ3v) is 3.77. The lowest BCUT2D eigenvalue weighted by Crippen LogP contribution is -2.47. The van der Waals surface area contributed by atoms with Gasteiger partial charge in [0.1, 0.15) is 0 Å². The van der Waals surface area contributed by atoms with Gasteiger partial charge in [-0.3, -0.25) is 9.69 Å². The van der Waals surface area contributed by atoms with Crippen molar-refractivity contribution in [3.63, 3.8) is 0 Å². The molecule has 2 atom stereocenters. The molecule has 0 aliphatic heterocycles. The Kier molecular flexibility index (Phi) is 6.60. The number of hydrogen-bond donors (Lipinski definition) is 2. The molecule has 0 aromatic heterocycles. The number of nitrogens with two attached hydrogens (primary N) is 1. The number of carbonyl (C=O) groups excluding carboxylic acids is 1.